The van der Waals surface area contributed by atoms with Crippen LogP contribution >= 0.6 is 0 Å². The zero-order valence-corrected chi connectivity index (χ0v) is 7.96. The zero-order chi connectivity index (χ0) is 8.39. The standard InChI is InChI=1S/C10H19NO/c1-9-3-2-5-11(6-4-9)7-10-8-12-10/h9-10H,2-8H2,1H3/t9?,10-/m0/s1. The first-order valence-corrected chi connectivity index (χ1v) is 5.18. The van der Waals surface area contributed by atoms with E-state index in [0.717, 1.165) is 12.5 Å². The molecule has 2 aliphatic heterocycles. The fourth-order valence-corrected chi connectivity index (χ4v) is 1.97. The van der Waals surface area contributed by atoms with Gasteiger partial charge in [0.15, 0.2) is 0 Å². The molecule has 70 valence electrons. The van der Waals surface area contributed by atoms with Gasteiger partial charge in [0, 0.05) is 6.54 Å². The molecule has 2 heteroatoms. The summed E-state index contributed by atoms with van der Waals surface area (Å²) < 4.78 is 5.24. The summed E-state index contributed by atoms with van der Waals surface area (Å²) in [5.74, 6) is 0.940. The number of likely N-dealkylation sites (tertiary alicyclic amines) is 1. The van der Waals surface area contributed by atoms with E-state index < -0.39 is 0 Å². The van der Waals surface area contributed by atoms with Gasteiger partial charge in [-0.3, -0.25) is 0 Å². The van der Waals surface area contributed by atoms with Gasteiger partial charge < -0.3 is 9.64 Å². The van der Waals surface area contributed by atoms with E-state index in [4.69, 9.17) is 4.74 Å². The fourth-order valence-electron chi connectivity index (χ4n) is 1.97. The Labute approximate surface area is 74.9 Å². The summed E-state index contributed by atoms with van der Waals surface area (Å²) in [4.78, 5) is 2.57. The van der Waals surface area contributed by atoms with Crippen LogP contribution in [0, 0.1) is 5.92 Å². The Morgan fingerprint density at radius 3 is 2.92 bits per heavy atom. The van der Waals surface area contributed by atoms with Gasteiger partial charge in [0.1, 0.15) is 0 Å². The molecule has 2 nitrogen and oxygen atoms in total. The van der Waals surface area contributed by atoms with Crippen LogP contribution in [-0.2, 0) is 4.74 Å². The highest BCUT2D eigenvalue weighted by molar-refractivity contribution is 4.76. The van der Waals surface area contributed by atoms with Gasteiger partial charge in [0.2, 0.25) is 0 Å². The van der Waals surface area contributed by atoms with E-state index in [1.54, 1.807) is 0 Å². The van der Waals surface area contributed by atoms with Crippen molar-refractivity contribution in [1.29, 1.82) is 0 Å². The van der Waals surface area contributed by atoms with Crippen molar-refractivity contribution in [3.63, 3.8) is 0 Å². The van der Waals surface area contributed by atoms with Crippen molar-refractivity contribution in [2.75, 3.05) is 26.2 Å². The van der Waals surface area contributed by atoms with Crippen molar-refractivity contribution in [2.24, 2.45) is 5.92 Å². The van der Waals surface area contributed by atoms with Gasteiger partial charge in [0.05, 0.1) is 12.7 Å². The predicted octanol–water partition coefficient (Wildman–Crippen LogP) is 1.51. The molecule has 12 heavy (non-hydrogen) atoms. The van der Waals surface area contributed by atoms with Crippen LogP contribution in [-0.4, -0.2) is 37.2 Å². The molecule has 2 saturated heterocycles. The predicted molar refractivity (Wildman–Crippen MR) is 49.2 cm³/mol. The molecule has 0 aromatic heterocycles. The SMILES string of the molecule is CC1CCCN(C[C@H]2CO2)CC1. The normalized spacial score (nSPS) is 37.8. The number of nitrogens with zero attached hydrogens (tertiary/aromatic N) is 1. The molecule has 0 aromatic carbocycles. The van der Waals surface area contributed by atoms with Crippen LogP contribution in [0.2, 0.25) is 0 Å². The quantitative estimate of drug-likeness (QED) is 0.582. The number of rotatable bonds is 2. The Balaban J connectivity index is 1.73. The second-order valence-electron chi connectivity index (χ2n) is 4.29. The summed E-state index contributed by atoms with van der Waals surface area (Å²) in [5.41, 5.74) is 0. The first kappa shape index (κ1) is 8.52. The third-order valence-corrected chi connectivity index (χ3v) is 2.97. The Hall–Kier alpha value is -0.0800. The molecule has 0 bridgehead atoms. The van der Waals surface area contributed by atoms with E-state index in [1.165, 1.54) is 38.9 Å². The van der Waals surface area contributed by atoms with Crippen molar-refractivity contribution in [3.05, 3.63) is 0 Å². The second kappa shape index (κ2) is 3.75. The molecule has 2 heterocycles. The molecule has 2 aliphatic rings. The van der Waals surface area contributed by atoms with Crippen molar-refractivity contribution in [1.82, 2.24) is 4.90 Å². The minimum Gasteiger partial charge on any atom is -0.372 e. The zero-order valence-electron chi connectivity index (χ0n) is 7.96. The number of epoxide rings is 1. The van der Waals surface area contributed by atoms with Gasteiger partial charge in [0.25, 0.3) is 0 Å². The molecular weight excluding hydrogens is 150 g/mol. The van der Waals surface area contributed by atoms with Crippen molar-refractivity contribution < 1.29 is 4.74 Å². The van der Waals surface area contributed by atoms with Crippen LogP contribution in [0.4, 0.5) is 0 Å². The van der Waals surface area contributed by atoms with E-state index in [9.17, 15) is 0 Å². The summed E-state index contributed by atoms with van der Waals surface area (Å²) in [6, 6.07) is 0. The van der Waals surface area contributed by atoms with E-state index in [0.29, 0.717) is 6.10 Å². The Kier molecular flexibility index (Phi) is 2.66. The van der Waals surface area contributed by atoms with Gasteiger partial charge in [-0.1, -0.05) is 6.92 Å². The topological polar surface area (TPSA) is 15.8 Å². The fraction of sp³-hybridized carbons (Fsp3) is 1.00. The first-order valence-electron chi connectivity index (χ1n) is 5.18. The lowest BCUT2D eigenvalue weighted by Gasteiger charge is -2.18. The molecule has 0 aliphatic carbocycles. The molecule has 2 fully saturated rings. The number of ether oxygens (including phenoxy) is 1. The van der Waals surface area contributed by atoms with Gasteiger partial charge in [-0.25, -0.2) is 0 Å². The Morgan fingerprint density at radius 2 is 2.17 bits per heavy atom. The average Bonchev–Trinajstić information content (AvgIpc) is 2.83. The lowest BCUT2D eigenvalue weighted by molar-refractivity contribution is 0.248. The summed E-state index contributed by atoms with van der Waals surface area (Å²) in [6.45, 7) is 7.15. The smallest absolute Gasteiger partial charge is 0.0936 e. The molecule has 0 aromatic rings. The van der Waals surface area contributed by atoms with E-state index in [2.05, 4.69) is 11.8 Å². The van der Waals surface area contributed by atoms with Gasteiger partial charge >= 0.3 is 0 Å². The monoisotopic (exact) mass is 169 g/mol. The average molecular weight is 169 g/mol. The summed E-state index contributed by atoms with van der Waals surface area (Å²) in [6.07, 6.45) is 4.77. The van der Waals surface area contributed by atoms with E-state index in [-0.39, 0.29) is 0 Å². The third kappa shape index (κ3) is 2.46. The van der Waals surface area contributed by atoms with Gasteiger partial charge in [-0.2, -0.15) is 0 Å². The van der Waals surface area contributed by atoms with E-state index >= 15 is 0 Å². The van der Waals surface area contributed by atoms with Crippen LogP contribution in [0.3, 0.4) is 0 Å². The van der Waals surface area contributed by atoms with Crippen LogP contribution < -0.4 is 0 Å². The highest BCUT2D eigenvalue weighted by Gasteiger charge is 2.26. The minimum atomic E-state index is 0.582. The number of hydrogen-bond donors (Lipinski definition) is 0. The van der Waals surface area contributed by atoms with Crippen molar-refractivity contribution in [3.8, 4) is 0 Å². The lowest BCUT2D eigenvalue weighted by Crippen LogP contribution is -2.28. The molecule has 0 amide bonds. The largest absolute Gasteiger partial charge is 0.372 e. The molecule has 0 spiro atoms. The van der Waals surface area contributed by atoms with Crippen LogP contribution in [0.5, 0.6) is 0 Å². The number of hydrogen-bond acceptors (Lipinski definition) is 2. The highest BCUT2D eigenvalue weighted by Crippen LogP contribution is 2.18. The maximum atomic E-state index is 5.24. The maximum absolute atomic E-state index is 5.24. The first-order chi connectivity index (χ1) is 5.84. The van der Waals surface area contributed by atoms with Crippen molar-refractivity contribution >= 4 is 0 Å². The Morgan fingerprint density at radius 1 is 1.33 bits per heavy atom. The Bertz CT molecular complexity index is 145. The molecule has 0 N–H and O–H groups in total. The maximum Gasteiger partial charge on any atom is 0.0936 e. The second-order valence-corrected chi connectivity index (χ2v) is 4.29. The third-order valence-electron chi connectivity index (χ3n) is 2.97. The lowest BCUT2D eigenvalue weighted by atomic mass is 10.0. The minimum absolute atomic E-state index is 0.582. The summed E-state index contributed by atoms with van der Waals surface area (Å²) in [7, 11) is 0. The summed E-state index contributed by atoms with van der Waals surface area (Å²) >= 11 is 0. The molecule has 0 radical (unpaired) electrons. The van der Waals surface area contributed by atoms with Gasteiger partial charge in [-0.05, 0) is 38.3 Å². The molecule has 2 rings (SSSR count). The molecule has 0 saturated carbocycles. The van der Waals surface area contributed by atoms with Crippen LogP contribution in [0.25, 0.3) is 0 Å². The summed E-state index contributed by atoms with van der Waals surface area (Å²) in [5, 5.41) is 0. The van der Waals surface area contributed by atoms with Crippen LogP contribution in [0.1, 0.15) is 26.2 Å². The molecular formula is C10H19NO. The molecule has 2 atom stereocenters. The van der Waals surface area contributed by atoms with Crippen LogP contribution in [0.15, 0.2) is 0 Å². The van der Waals surface area contributed by atoms with Gasteiger partial charge in [-0.15, -0.1) is 0 Å². The van der Waals surface area contributed by atoms with Crippen molar-refractivity contribution in [2.45, 2.75) is 32.3 Å². The molecule has 1 unspecified atom stereocenters. The van der Waals surface area contributed by atoms with E-state index in [1.807, 2.05) is 0 Å². The highest BCUT2D eigenvalue weighted by atomic mass is 16.6.